The number of thiophene rings is 1. The number of rotatable bonds is 3. The molecule has 0 radical (unpaired) electrons. The molecule has 1 saturated heterocycles. The topological polar surface area (TPSA) is 57.7 Å². The zero-order valence-corrected chi connectivity index (χ0v) is 17.8. The zero-order chi connectivity index (χ0) is 19.9. The van der Waals surface area contributed by atoms with E-state index < -0.39 is 10.0 Å². The van der Waals surface area contributed by atoms with E-state index in [0.717, 1.165) is 10.1 Å². The monoisotopic (exact) mass is 454 g/mol. The molecule has 0 saturated carbocycles. The average Bonchev–Trinajstić information content (AvgIpc) is 3.04. The van der Waals surface area contributed by atoms with E-state index in [1.165, 1.54) is 21.7 Å². The van der Waals surface area contributed by atoms with Crippen molar-refractivity contribution in [2.75, 3.05) is 26.2 Å². The van der Waals surface area contributed by atoms with Crippen LogP contribution < -0.4 is 0 Å². The third kappa shape index (κ3) is 3.42. The van der Waals surface area contributed by atoms with Gasteiger partial charge in [-0.3, -0.25) is 4.79 Å². The van der Waals surface area contributed by atoms with E-state index in [1.54, 1.807) is 23.1 Å². The lowest BCUT2D eigenvalue weighted by Gasteiger charge is -2.34. The van der Waals surface area contributed by atoms with Gasteiger partial charge in [-0.2, -0.15) is 4.31 Å². The molecule has 1 fully saturated rings. The quantitative estimate of drug-likeness (QED) is 0.590. The van der Waals surface area contributed by atoms with Crippen molar-refractivity contribution >= 4 is 60.6 Å². The van der Waals surface area contributed by atoms with Gasteiger partial charge in [-0.15, -0.1) is 11.3 Å². The highest BCUT2D eigenvalue weighted by Crippen LogP contribution is 2.36. The van der Waals surface area contributed by atoms with Gasteiger partial charge in [-0.05, 0) is 18.2 Å². The molecule has 2 heterocycles. The van der Waals surface area contributed by atoms with Crippen LogP contribution in [0.15, 0.2) is 53.4 Å². The molecule has 1 aliphatic heterocycles. The van der Waals surface area contributed by atoms with E-state index in [4.69, 9.17) is 23.2 Å². The lowest BCUT2D eigenvalue weighted by molar-refractivity contribution is 0.0703. The van der Waals surface area contributed by atoms with Crippen molar-refractivity contribution in [1.82, 2.24) is 9.21 Å². The van der Waals surface area contributed by atoms with Gasteiger partial charge in [0.2, 0.25) is 10.0 Å². The van der Waals surface area contributed by atoms with Crippen LogP contribution in [-0.2, 0) is 10.0 Å². The number of piperazine rings is 1. The lowest BCUT2D eigenvalue weighted by atomic mass is 10.2. The van der Waals surface area contributed by atoms with Crippen molar-refractivity contribution in [3.05, 3.63) is 63.5 Å². The molecular formula is C19H16Cl2N2O3S2. The van der Waals surface area contributed by atoms with Gasteiger partial charge >= 0.3 is 0 Å². The maximum Gasteiger partial charge on any atom is 0.265 e. The minimum atomic E-state index is -3.70. The first-order valence-corrected chi connectivity index (χ1v) is 11.6. The van der Waals surface area contributed by atoms with Crippen LogP contribution in [0.2, 0.25) is 10.0 Å². The molecule has 0 N–H and O–H groups in total. The van der Waals surface area contributed by atoms with Crippen LogP contribution >= 0.6 is 34.5 Å². The van der Waals surface area contributed by atoms with Gasteiger partial charge in [0.05, 0.1) is 10.0 Å². The van der Waals surface area contributed by atoms with Gasteiger partial charge < -0.3 is 4.90 Å². The number of carbonyl (C=O) groups excluding carboxylic acids is 1. The van der Waals surface area contributed by atoms with Crippen LogP contribution in [0.1, 0.15) is 9.67 Å². The Labute approximate surface area is 177 Å². The van der Waals surface area contributed by atoms with Crippen molar-refractivity contribution in [3.63, 3.8) is 0 Å². The second-order valence-corrected chi connectivity index (χ2v) is 10.1. The molecule has 146 valence electrons. The summed E-state index contributed by atoms with van der Waals surface area (Å²) in [5, 5.41) is 1.51. The number of hydrogen-bond acceptors (Lipinski definition) is 4. The summed E-state index contributed by atoms with van der Waals surface area (Å²) in [6.07, 6.45) is 0. The molecule has 1 aliphatic rings. The number of fused-ring (bicyclic) bond motifs is 1. The number of halogens is 2. The molecule has 0 bridgehead atoms. The maximum atomic E-state index is 12.9. The number of nitrogens with zero attached hydrogens (tertiary/aromatic N) is 2. The van der Waals surface area contributed by atoms with Crippen LogP contribution in [0.5, 0.6) is 0 Å². The Bertz CT molecular complexity index is 1150. The van der Waals surface area contributed by atoms with Crippen molar-refractivity contribution in [3.8, 4) is 0 Å². The SMILES string of the molecule is O=C(c1sc2ccccc2c1Cl)N1CCN(S(=O)(=O)c2ccccc2Cl)CC1. The molecule has 28 heavy (non-hydrogen) atoms. The van der Waals surface area contributed by atoms with Crippen LogP contribution in [0.4, 0.5) is 0 Å². The smallest absolute Gasteiger partial charge is 0.265 e. The fraction of sp³-hybridized carbons (Fsp3) is 0.211. The lowest BCUT2D eigenvalue weighted by Crippen LogP contribution is -2.50. The molecule has 0 spiro atoms. The van der Waals surface area contributed by atoms with Crippen molar-refractivity contribution in [2.45, 2.75) is 4.90 Å². The Morgan fingerprint density at radius 2 is 1.57 bits per heavy atom. The Kier molecular flexibility index (Phi) is 5.37. The summed E-state index contributed by atoms with van der Waals surface area (Å²) in [6.45, 7) is 1.02. The highest BCUT2D eigenvalue weighted by atomic mass is 35.5. The number of amides is 1. The highest BCUT2D eigenvalue weighted by Gasteiger charge is 2.32. The summed E-state index contributed by atoms with van der Waals surface area (Å²) in [7, 11) is -3.70. The first-order chi connectivity index (χ1) is 13.4. The van der Waals surface area contributed by atoms with Crippen molar-refractivity contribution < 1.29 is 13.2 Å². The van der Waals surface area contributed by atoms with Crippen LogP contribution in [0.3, 0.4) is 0 Å². The van der Waals surface area contributed by atoms with Gasteiger partial charge in [0.25, 0.3) is 5.91 Å². The summed E-state index contributed by atoms with van der Waals surface area (Å²) in [4.78, 5) is 15.2. The highest BCUT2D eigenvalue weighted by molar-refractivity contribution is 7.89. The molecule has 9 heteroatoms. The van der Waals surface area contributed by atoms with Gasteiger partial charge in [0.1, 0.15) is 9.77 Å². The zero-order valence-electron chi connectivity index (χ0n) is 14.6. The predicted molar refractivity (Wildman–Crippen MR) is 113 cm³/mol. The standard InChI is InChI=1S/C19H16Cl2N2O3S2/c20-14-6-2-4-8-16(14)28(25,26)23-11-9-22(10-12-23)19(24)18-17(21)13-5-1-3-7-15(13)27-18/h1-8H,9-12H2. The second-order valence-electron chi connectivity index (χ2n) is 6.37. The maximum absolute atomic E-state index is 12.9. The summed E-state index contributed by atoms with van der Waals surface area (Å²) >= 11 is 13.8. The number of benzene rings is 2. The van der Waals surface area contributed by atoms with Crippen LogP contribution in [0, 0.1) is 0 Å². The van der Waals surface area contributed by atoms with Gasteiger partial charge in [-0.1, -0.05) is 53.5 Å². The minimum absolute atomic E-state index is 0.0870. The molecule has 0 atom stereocenters. The number of hydrogen-bond donors (Lipinski definition) is 0. The van der Waals surface area contributed by atoms with E-state index in [-0.39, 0.29) is 28.9 Å². The van der Waals surface area contributed by atoms with Gasteiger partial charge in [0, 0.05) is 36.3 Å². The third-order valence-corrected chi connectivity index (χ3v) is 8.77. The normalized spacial score (nSPS) is 15.9. The Hall–Kier alpha value is -1.64. The van der Waals surface area contributed by atoms with E-state index >= 15 is 0 Å². The van der Waals surface area contributed by atoms with Crippen molar-refractivity contribution in [2.24, 2.45) is 0 Å². The number of carbonyl (C=O) groups is 1. The summed E-state index contributed by atoms with van der Waals surface area (Å²) < 4.78 is 28.0. The molecule has 2 aromatic carbocycles. The van der Waals surface area contributed by atoms with E-state index in [2.05, 4.69) is 0 Å². The summed E-state index contributed by atoms with van der Waals surface area (Å²) in [5.41, 5.74) is 0. The van der Waals surface area contributed by atoms with E-state index in [0.29, 0.717) is 23.0 Å². The molecule has 3 aromatic rings. The average molecular weight is 455 g/mol. The predicted octanol–water partition coefficient (Wildman–Crippen LogP) is 4.35. The second kappa shape index (κ2) is 7.65. The minimum Gasteiger partial charge on any atom is -0.335 e. The molecule has 5 nitrogen and oxygen atoms in total. The third-order valence-electron chi connectivity index (χ3n) is 4.71. The van der Waals surface area contributed by atoms with Gasteiger partial charge in [0.15, 0.2) is 0 Å². The Morgan fingerprint density at radius 3 is 2.25 bits per heavy atom. The van der Waals surface area contributed by atoms with Crippen LogP contribution in [-0.4, -0.2) is 49.7 Å². The summed E-state index contributed by atoms with van der Waals surface area (Å²) in [5.74, 6) is -0.166. The first kappa shape index (κ1) is 19.7. The Morgan fingerprint density at radius 1 is 0.929 bits per heavy atom. The largest absolute Gasteiger partial charge is 0.335 e. The molecule has 1 amide bonds. The van der Waals surface area contributed by atoms with Crippen molar-refractivity contribution in [1.29, 1.82) is 0 Å². The fourth-order valence-corrected chi connectivity index (χ4v) is 6.62. The molecular weight excluding hydrogens is 439 g/mol. The molecule has 0 unspecified atom stereocenters. The summed E-state index contributed by atoms with van der Waals surface area (Å²) in [6, 6.07) is 14.0. The molecule has 4 rings (SSSR count). The molecule has 0 aliphatic carbocycles. The Balaban J connectivity index is 1.51. The fourth-order valence-electron chi connectivity index (χ4n) is 3.22. The van der Waals surface area contributed by atoms with Crippen LogP contribution in [0.25, 0.3) is 10.1 Å². The van der Waals surface area contributed by atoms with Gasteiger partial charge in [-0.25, -0.2) is 8.42 Å². The first-order valence-electron chi connectivity index (χ1n) is 8.60. The number of sulfonamides is 1. The van der Waals surface area contributed by atoms with E-state index in [9.17, 15) is 13.2 Å². The molecule has 1 aromatic heterocycles. The van der Waals surface area contributed by atoms with E-state index in [1.807, 2.05) is 24.3 Å².